The minimum atomic E-state index is -2.46. The van der Waals surface area contributed by atoms with E-state index in [1.54, 1.807) is 19.2 Å². The first kappa shape index (κ1) is 17.1. The Hall–Kier alpha value is -2.28. The third-order valence-corrected chi connectivity index (χ3v) is 3.67. The third kappa shape index (κ3) is 5.78. The monoisotopic (exact) mass is 338 g/mol. The number of urea groups is 1. The fourth-order valence-corrected chi connectivity index (χ4v) is 2.32. The highest BCUT2D eigenvalue weighted by Crippen LogP contribution is 2.26. The number of methoxy groups -OCH3 is 1. The van der Waals surface area contributed by atoms with Gasteiger partial charge in [-0.05, 0) is 42.0 Å². The number of nitrogens with one attached hydrogen (secondary N) is 2. The molecule has 0 bridgehead atoms. The number of carbonyl (C=O) groups is 1. The van der Waals surface area contributed by atoms with Crippen molar-refractivity contribution >= 4 is 23.5 Å². The van der Waals surface area contributed by atoms with E-state index in [-0.39, 0.29) is 6.03 Å². The fourth-order valence-electron chi connectivity index (χ4n) is 1.82. The van der Waals surface area contributed by atoms with Crippen molar-refractivity contribution in [2.24, 2.45) is 0 Å². The second kappa shape index (κ2) is 8.38. The normalized spacial score (nSPS) is 10.4. The maximum atomic E-state index is 12.2. The first-order valence-electron chi connectivity index (χ1n) is 6.79. The van der Waals surface area contributed by atoms with Crippen molar-refractivity contribution in [3.05, 3.63) is 54.1 Å². The largest absolute Gasteiger partial charge is 0.497 e. The quantitative estimate of drug-likeness (QED) is 0.771. The molecule has 4 nitrogen and oxygen atoms in total. The Bertz CT molecular complexity index is 634. The van der Waals surface area contributed by atoms with Crippen LogP contribution in [0.5, 0.6) is 5.75 Å². The Labute approximate surface area is 137 Å². The second-order valence-electron chi connectivity index (χ2n) is 4.56. The van der Waals surface area contributed by atoms with Crippen LogP contribution in [0.3, 0.4) is 0 Å². The van der Waals surface area contributed by atoms with Crippen molar-refractivity contribution in [1.29, 1.82) is 0 Å². The maximum Gasteiger partial charge on any atom is 0.319 e. The van der Waals surface area contributed by atoms with Gasteiger partial charge in [0, 0.05) is 17.1 Å². The van der Waals surface area contributed by atoms with E-state index in [0.29, 0.717) is 28.9 Å². The van der Waals surface area contributed by atoms with E-state index in [0.717, 1.165) is 11.3 Å². The Morgan fingerprint density at radius 2 is 1.78 bits per heavy atom. The summed E-state index contributed by atoms with van der Waals surface area (Å²) in [6, 6.07) is 13.2. The van der Waals surface area contributed by atoms with E-state index in [4.69, 9.17) is 4.74 Å². The van der Waals surface area contributed by atoms with E-state index in [9.17, 15) is 13.6 Å². The number of ether oxygens (including phenoxy) is 1. The molecule has 0 unspecified atom stereocenters. The van der Waals surface area contributed by atoms with Gasteiger partial charge in [0.15, 0.2) is 0 Å². The summed E-state index contributed by atoms with van der Waals surface area (Å²) in [4.78, 5) is 12.2. The van der Waals surface area contributed by atoms with Crippen LogP contribution in [0.25, 0.3) is 0 Å². The molecule has 0 atom stereocenters. The molecule has 2 aromatic carbocycles. The molecule has 0 aromatic heterocycles. The van der Waals surface area contributed by atoms with Crippen LogP contribution in [0.1, 0.15) is 5.56 Å². The van der Waals surface area contributed by atoms with Crippen molar-refractivity contribution < 1.29 is 18.3 Å². The van der Waals surface area contributed by atoms with Gasteiger partial charge in [-0.15, -0.1) is 0 Å². The summed E-state index contributed by atoms with van der Waals surface area (Å²) >= 11 is 0.465. The van der Waals surface area contributed by atoms with Crippen LogP contribution < -0.4 is 15.4 Å². The zero-order valence-electron chi connectivity index (χ0n) is 12.4. The SMILES string of the molecule is COc1ccc(CNC(=O)Nc2ccc(SC(F)F)cc2)cc1. The van der Waals surface area contributed by atoms with Gasteiger partial charge in [-0.25, -0.2) is 4.79 Å². The van der Waals surface area contributed by atoms with Crippen molar-refractivity contribution in [1.82, 2.24) is 5.32 Å². The summed E-state index contributed by atoms with van der Waals surface area (Å²) in [6.07, 6.45) is 0. The number of benzene rings is 2. The Morgan fingerprint density at radius 1 is 1.13 bits per heavy atom. The number of halogens is 2. The fraction of sp³-hybridized carbons (Fsp3) is 0.188. The Balaban J connectivity index is 1.81. The van der Waals surface area contributed by atoms with Gasteiger partial charge in [0.1, 0.15) is 5.75 Å². The number of alkyl halides is 2. The molecule has 122 valence electrons. The molecule has 2 aromatic rings. The molecule has 0 heterocycles. The van der Waals surface area contributed by atoms with E-state index in [1.807, 2.05) is 24.3 Å². The summed E-state index contributed by atoms with van der Waals surface area (Å²) in [5.74, 6) is -1.71. The molecule has 0 saturated carbocycles. The molecule has 0 radical (unpaired) electrons. The van der Waals surface area contributed by atoms with Crippen LogP contribution >= 0.6 is 11.8 Å². The molecule has 0 fully saturated rings. The molecular weight excluding hydrogens is 322 g/mol. The first-order valence-corrected chi connectivity index (χ1v) is 7.67. The van der Waals surface area contributed by atoms with Gasteiger partial charge in [-0.2, -0.15) is 8.78 Å². The summed E-state index contributed by atoms with van der Waals surface area (Å²) in [6.45, 7) is 0.370. The van der Waals surface area contributed by atoms with Gasteiger partial charge >= 0.3 is 6.03 Å². The highest BCUT2D eigenvalue weighted by atomic mass is 32.2. The van der Waals surface area contributed by atoms with E-state index >= 15 is 0 Å². The molecule has 0 saturated heterocycles. The lowest BCUT2D eigenvalue weighted by Crippen LogP contribution is -2.28. The highest BCUT2D eigenvalue weighted by Gasteiger charge is 2.06. The van der Waals surface area contributed by atoms with Crippen molar-refractivity contribution in [2.45, 2.75) is 17.2 Å². The molecule has 7 heteroatoms. The van der Waals surface area contributed by atoms with Crippen LogP contribution in [0.4, 0.5) is 19.3 Å². The molecule has 0 aliphatic heterocycles. The average molecular weight is 338 g/mol. The predicted molar refractivity (Wildman–Crippen MR) is 87.2 cm³/mol. The van der Waals surface area contributed by atoms with Crippen molar-refractivity contribution in [3.8, 4) is 5.75 Å². The Kier molecular flexibility index (Phi) is 6.22. The molecule has 2 amide bonds. The summed E-state index contributed by atoms with van der Waals surface area (Å²) in [5, 5.41) is 5.36. The number of amides is 2. The zero-order valence-corrected chi connectivity index (χ0v) is 13.2. The lowest BCUT2D eigenvalue weighted by molar-refractivity contribution is 0.251. The van der Waals surface area contributed by atoms with Gasteiger partial charge in [-0.3, -0.25) is 0 Å². The van der Waals surface area contributed by atoms with Crippen LogP contribution in [-0.4, -0.2) is 18.9 Å². The minimum Gasteiger partial charge on any atom is -0.497 e. The smallest absolute Gasteiger partial charge is 0.319 e. The zero-order chi connectivity index (χ0) is 16.7. The average Bonchev–Trinajstić information content (AvgIpc) is 2.55. The summed E-state index contributed by atoms with van der Waals surface area (Å²) in [7, 11) is 1.59. The van der Waals surface area contributed by atoms with Gasteiger partial charge < -0.3 is 15.4 Å². The number of anilines is 1. The summed E-state index contributed by atoms with van der Waals surface area (Å²) in [5.41, 5.74) is 1.47. The van der Waals surface area contributed by atoms with Gasteiger partial charge in [0.05, 0.1) is 7.11 Å². The van der Waals surface area contributed by atoms with Gasteiger partial charge in [-0.1, -0.05) is 23.9 Å². The van der Waals surface area contributed by atoms with Crippen molar-refractivity contribution in [2.75, 3.05) is 12.4 Å². The first-order chi connectivity index (χ1) is 11.1. The number of rotatable bonds is 6. The number of thioether (sulfide) groups is 1. The third-order valence-electron chi connectivity index (χ3n) is 2.95. The lowest BCUT2D eigenvalue weighted by atomic mass is 10.2. The topological polar surface area (TPSA) is 50.4 Å². The van der Waals surface area contributed by atoms with Crippen LogP contribution in [-0.2, 0) is 6.54 Å². The number of hydrogen-bond acceptors (Lipinski definition) is 3. The summed E-state index contributed by atoms with van der Waals surface area (Å²) < 4.78 is 29.5. The van der Waals surface area contributed by atoms with Gasteiger partial charge in [0.25, 0.3) is 5.76 Å². The van der Waals surface area contributed by atoms with E-state index < -0.39 is 5.76 Å². The van der Waals surface area contributed by atoms with Gasteiger partial charge in [0.2, 0.25) is 0 Å². The van der Waals surface area contributed by atoms with Crippen molar-refractivity contribution in [3.63, 3.8) is 0 Å². The predicted octanol–water partition coefficient (Wildman–Crippen LogP) is 4.33. The van der Waals surface area contributed by atoms with Crippen LogP contribution in [0.15, 0.2) is 53.4 Å². The van der Waals surface area contributed by atoms with E-state index in [1.165, 1.54) is 12.1 Å². The number of hydrogen-bond donors (Lipinski definition) is 2. The molecule has 2 N–H and O–H groups in total. The molecule has 0 aliphatic rings. The molecular formula is C16H16F2N2O2S. The molecule has 0 spiro atoms. The number of carbonyl (C=O) groups excluding carboxylic acids is 1. The lowest BCUT2D eigenvalue weighted by Gasteiger charge is -2.09. The standard InChI is InChI=1S/C16H16F2N2O2S/c1-22-13-6-2-11(3-7-13)10-19-16(21)20-12-4-8-14(9-5-12)23-15(17)18/h2-9,15H,10H2,1H3,(H2,19,20,21). The highest BCUT2D eigenvalue weighted by molar-refractivity contribution is 7.99. The molecule has 23 heavy (non-hydrogen) atoms. The molecule has 2 rings (SSSR count). The minimum absolute atomic E-state index is 0.366. The Morgan fingerprint density at radius 3 is 2.35 bits per heavy atom. The van der Waals surface area contributed by atoms with Crippen LogP contribution in [0, 0.1) is 0 Å². The second-order valence-corrected chi connectivity index (χ2v) is 5.62. The molecule has 0 aliphatic carbocycles. The van der Waals surface area contributed by atoms with Crippen LogP contribution in [0.2, 0.25) is 0 Å². The maximum absolute atomic E-state index is 12.2. The van der Waals surface area contributed by atoms with E-state index in [2.05, 4.69) is 10.6 Å².